The van der Waals surface area contributed by atoms with Crippen LogP contribution in [0.15, 0.2) is 0 Å². The molecule has 0 saturated carbocycles. The van der Waals surface area contributed by atoms with E-state index in [2.05, 4.69) is 0 Å². The molecule has 0 rings (SSSR count). The van der Waals surface area contributed by atoms with Gasteiger partial charge >= 0.3 is 5.97 Å². The zero-order valence-electron chi connectivity index (χ0n) is 10.0. The van der Waals surface area contributed by atoms with Crippen LogP contribution >= 0.6 is 0 Å². The number of rotatable bonds is 10. The van der Waals surface area contributed by atoms with Gasteiger partial charge in [0.1, 0.15) is 0 Å². The van der Waals surface area contributed by atoms with Crippen molar-refractivity contribution in [3.05, 3.63) is 0 Å². The second-order valence-corrected chi connectivity index (χ2v) is 3.78. The molecule has 0 radical (unpaired) electrons. The van der Waals surface area contributed by atoms with Crippen LogP contribution in [0.25, 0.3) is 0 Å². The van der Waals surface area contributed by atoms with E-state index in [0.29, 0.717) is 19.6 Å². The second kappa shape index (κ2) is 9.57. The predicted octanol–water partition coefficient (Wildman–Crippen LogP) is 0.901. The van der Waals surface area contributed by atoms with Crippen molar-refractivity contribution >= 4 is 5.97 Å². The van der Waals surface area contributed by atoms with E-state index in [4.69, 9.17) is 14.6 Å². The van der Waals surface area contributed by atoms with Crippen LogP contribution in [0.2, 0.25) is 0 Å². The Morgan fingerprint density at radius 2 is 2.06 bits per heavy atom. The molecule has 5 nitrogen and oxygen atoms in total. The number of carbonyl (C=O) groups is 1. The van der Waals surface area contributed by atoms with Gasteiger partial charge in [0.2, 0.25) is 0 Å². The Hall–Kier alpha value is -0.650. The van der Waals surface area contributed by atoms with Gasteiger partial charge < -0.3 is 19.7 Å². The number of ether oxygens (including phenoxy) is 2. The van der Waals surface area contributed by atoms with Crippen LogP contribution in [0.3, 0.4) is 0 Å². The van der Waals surface area contributed by atoms with Crippen LogP contribution in [0.5, 0.6) is 0 Å². The fourth-order valence-corrected chi connectivity index (χ4v) is 1.45. The lowest BCUT2D eigenvalue weighted by molar-refractivity contribution is -0.143. The molecule has 0 aliphatic heterocycles. The molecule has 0 saturated heterocycles. The highest BCUT2D eigenvalue weighted by Crippen LogP contribution is 2.14. The molecule has 0 spiro atoms. The first-order chi connectivity index (χ1) is 7.61. The van der Waals surface area contributed by atoms with Crippen molar-refractivity contribution in [2.75, 3.05) is 26.9 Å². The Bertz CT molecular complexity index is 183. The molecule has 0 aromatic rings. The number of methoxy groups -OCH3 is 1. The van der Waals surface area contributed by atoms with E-state index < -0.39 is 18.0 Å². The summed E-state index contributed by atoms with van der Waals surface area (Å²) >= 11 is 0. The second-order valence-electron chi connectivity index (χ2n) is 3.78. The van der Waals surface area contributed by atoms with Crippen molar-refractivity contribution in [2.45, 2.75) is 32.3 Å². The molecule has 0 aliphatic rings. The minimum absolute atomic E-state index is 0.164. The van der Waals surface area contributed by atoms with Gasteiger partial charge in [-0.3, -0.25) is 4.79 Å². The number of aliphatic carboxylic acids is 1. The summed E-state index contributed by atoms with van der Waals surface area (Å²) < 4.78 is 9.91. The summed E-state index contributed by atoms with van der Waals surface area (Å²) in [6, 6.07) is 0. The van der Waals surface area contributed by atoms with Gasteiger partial charge in [-0.1, -0.05) is 13.3 Å². The fourth-order valence-electron chi connectivity index (χ4n) is 1.45. The van der Waals surface area contributed by atoms with Gasteiger partial charge in [0, 0.05) is 7.11 Å². The molecule has 0 amide bonds. The Labute approximate surface area is 96.4 Å². The Morgan fingerprint density at radius 1 is 1.38 bits per heavy atom. The van der Waals surface area contributed by atoms with Gasteiger partial charge in [0.15, 0.2) is 0 Å². The monoisotopic (exact) mass is 234 g/mol. The van der Waals surface area contributed by atoms with E-state index in [1.807, 2.05) is 6.92 Å². The molecule has 0 fully saturated rings. The lowest BCUT2D eigenvalue weighted by Crippen LogP contribution is -2.24. The summed E-state index contributed by atoms with van der Waals surface area (Å²) in [7, 11) is 1.57. The minimum Gasteiger partial charge on any atom is -0.481 e. The average Bonchev–Trinajstić information content (AvgIpc) is 2.23. The van der Waals surface area contributed by atoms with Crippen LogP contribution in [-0.4, -0.2) is 49.2 Å². The number of aliphatic hydroxyl groups excluding tert-OH is 1. The summed E-state index contributed by atoms with van der Waals surface area (Å²) in [6.45, 7) is 2.98. The van der Waals surface area contributed by atoms with Crippen molar-refractivity contribution in [1.82, 2.24) is 0 Å². The van der Waals surface area contributed by atoms with E-state index in [0.717, 1.165) is 6.42 Å². The van der Waals surface area contributed by atoms with E-state index in [1.165, 1.54) is 0 Å². The molecular formula is C11H22O5. The highest BCUT2D eigenvalue weighted by atomic mass is 16.5. The number of carboxylic acids is 1. The summed E-state index contributed by atoms with van der Waals surface area (Å²) in [4.78, 5) is 10.8. The van der Waals surface area contributed by atoms with E-state index in [1.54, 1.807) is 7.11 Å². The van der Waals surface area contributed by atoms with E-state index in [-0.39, 0.29) is 13.0 Å². The van der Waals surface area contributed by atoms with Gasteiger partial charge in [-0.25, -0.2) is 0 Å². The molecule has 5 heteroatoms. The maximum Gasteiger partial charge on any atom is 0.306 e. The van der Waals surface area contributed by atoms with Gasteiger partial charge in [-0.15, -0.1) is 0 Å². The average molecular weight is 234 g/mol. The molecule has 16 heavy (non-hydrogen) atoms. The van der Waals surface area contributed by atoms with Gasteiger partial charge in [-0.05, 0) is 12.8 Å². The maximum absolute atomic E-state index is 10.8. The number of carboxylic acid groups (broad SMARTS) is 1. The first-order valence-electron chi connectivity index (χ1n) is 5.59. The molecule has 0 aliphatic carbocycles. The number of hydrogen-bond acceptors (Lipinski definition) is 4. The molecule has 0 aromatic carbocycles. The molecule has 0 aromatic heterocycles. The third kappa shape index (κ3) is 7.62. The van der Waals surface area contributed by atoms with Crippen LogP contribution in [0.1, 0.15) is 26.2 Å². The lowest BCUT2D eigenvalue weighted by Gasteiger charge is -2.16. The maximum atomic E-state index is 10.8. The zero-order chi connectivity index (χ0) is 12.4. The third-order valence-corrected chi connectivity index (χ3v) is 2.29. The Balaban J connectivity index is 3.72. The fraction of sp³-hybridized carbons (Fsp3) is 0.909. The van der Waals surface area contributed by atoms with Crippen LogP contribution in [0.4, 0.5) is 0 Å². The summed E-state index contributed by atoms with van der Waals surface area (Å²) in [5.74, 6) is -1.33. The van der Waals surface area contributed by atoms with Crippen molar-refractivity contribution in [3.63, 3.8) is 0 Å². The van der Waals surface area contributed by atoms with Crippen molar-refractivity contribution < 1.29 is 24.5 Å². The highest BCUT2D eigenvalue weighted by Gasteiger charge is 2.20. The Morgan fingerprint density at radius 3 is 2.56 bits per heavy atom. The quantitative estimate of drug-likeness (QED) is 0.549. The first kappa shape index (κ1) is 15.3. The highest BCUT2D eigenvalue weighted by molar-refractivity contribution is 5.69. The standard InChI is InChI=1S/C11H22O5/c1-3-4-9(11(13)14)7-10(12)8-16-6-5-15-2/h9-10,12H,3-8H2,1-2H3,(H,13,14). The normalized spacial score (nSPS) is 14.7. The largest absolute Gasteiger partial charge is 0.481 e. The zero-order valence-corrected chi connectivity index (χ0v) is 10.0. The van der Waals surface area contributed by atoms with Gasteiger partial charge in [0.25, 0.3) is 0 Å². The van der Waals surface area contributed by atoms with E-state index in [9.17, 15) is 9.90 Å². The van der Waals surface area contributed by atoms with Crippen molar-refractivity contribution in [1.29, 1.82) is 0 Å². The smallest absolute Gasteiger partial charge is 0.306 e. The van der Waals surface area contributed by atoms with Crippen LogP contribution in [-0.2, 0) is 14.3 Å². The van der Waals surface area contributed by atoms with Crippen LogP contribution < -0.4 is 0 Å². The third-order valence-electron chi connectivity index (χ3n) is 2.29. The topological polar surface area (TPSA) is 76.0 Å². The SMILES string of the molecule is CCCC(CC(O)COCCOC)C(=O)O. The molecule has 2 unspecified atom stereocenters. The lowest BCUT2D eigenvalue weighted by atomic mass is 9.97. The summed E-state index contributed by atoms with van der Waals surface area (Å²) in [6.07, 6.45) is 0.916. The number of aliphatic hydroxyl groups is 1. The van der Waals surface area contributed by atoms with Gasteiger partial charge in [-0.2, -0.15) is 0 Å². The van der Waals surface area contributed by atoms with E-state index >= 15 is 0 Å². The Kier molecular flexibility index (Phi) is 9.18. The molecule has 2 atom stereocenters. The predicted molar refractivity (Wildman–Crippen MR) is 59.4 cm³/mol. The van der Waals surface area contributed by atoms with Gasteiger partial charge in [0.05, 0.1) is 31.8 Å². The van der Waals surface area contributed by atoms with Crippen molar-refractivity contribution in [2.24, 2.45) is 5.92 Å². The summed E-state index contributed by atoms with van der Waals surface area (Å²) in [5, 5.41) is 18.5. The molecule has 96 valence electrons. The first-order valence-corrected chi connectivity index (χ1v) is 5.59. The minimum atomic E-state index is -0.849. The molecule has 0 bridgehead atoms. The van der Waals surface area contributed by atoms with Crippen molar-refractivity contribution in [3.8, 4) is 0 Å². The van der Waals surface area contributed by atoms with Crippen LogP contribution in [0, 0.1) is 5.92 Å². The number of hydrogen-bond donors (Lipinski definition) is 2. The molecule has 2 N–H and O–H groups in total. The summed E-state index contributed by atoms with van der Waals surface area (Å²) in [5.41, 5.74) is 0. The molecule has 0 heterocycles. The molecular weight excluding hydrogens is 212 g/mol.